The summed E-state index contributed by atoms with van der Waals surface area (Å²) in [7, 11) is 0. The molecule has 0 heterocycles. The van der Waals surface area contributed by atoms with Gasteiger partial charge in [0.15, 0.2) is 0 Å². The number of halogens is 1. The predicted octanol–water partition coefficient (Wildman–Crippen LogP) is 3.85. The first-order chi connectivity index (χ1) is 7.42. The average Bonchev–Trinajstić information content (AvgIpc) is 2.16. The van der Waals surface area contributed by atoms with Gasteiger partial charge >= 0.3 is 5.97 Å². The first kappa shape index (κ1) is 12.8. The smallest absolute Gasteiger partial charge is 0.338 e. The Labute approximate surface area is 101 Å². The fourth-order valence-corrected chi connectivity index (χ4v) is 1.29. The summed E-state index contributed by atoms with van der Waals surface area (Å²) in [5.74, 6) is -0.311. The van der Waals surface area contributed by atoms with Crippen molar-refractivity contribution in [3.63, 3.8) is 0 Å². The lowest BCUT2D eigenvalue weighted by molar-refractivity contribution is 0.00696. The molecule has 3 heteroatoms. The van der Waals surface area contributed by atoms with Gasteiger partial charge in [0.25, 0.3) is 0 Å². The summed E-state index contributed by atoms with van der Waals surface area (Å²) in [4.78, 5) is 11.7. The number of benzene rings is 1. The largest absolute Gasteiger partial charge is 0.456 e. The highest BCUT2D eigenvalue weighted by molar-refractivity contribution is 6.27. The molecular formula is C13H15ClO2. The lowest BCUT2D eigenvalue weighted by Crippen LogP contribution is -2.23. The van der Waals surface area contributed by atoms with Crippen molar-refractivity contribution in [2.75, 3.05) is 0 Å². The maximum atomic E-state index is 11.7. The van der Waals surface area contributed by atoms with Crippen LogP contribution in [-0.2, 0) is 4.74 Å². The molecule has 0 unspecified atom stereocenters. The van der Waals surface area contributed by atoms with E-state index in [-0.39, 0.29) is 5.97 Å². The summed E-state index contributed by atoms with van der Waals surface area (Å²) in [6.45, 7) is 5.53. The molecule has 0 bridgehead atoms. The van der Waals surface area contributed by atoms with Crippen LogP contribution in [0.4, 0.5) is 0 Å². The first-order valence-electron chi connectivity index (χ1n) is 5.02. The first-order valence-corrected chi connectivity index (χ1v) is 5.46. The van der Waals surface area contributed by atoms with E-state index in [1.165, 1.54) is 5.54 Å². The van der Waals surface area contributed by atoms with Crippen molar-refractivity contribution >= 4 is 23.6 Å². The van der Waals surface area contributed by atoms with Crippen molar-refractivity contribution in [3.8, 4) is 0 Å². The van der Waals surface area contributed by atoms with Crippen molar-refractivity contribution in [1.82, 2.24) is 0 Å². The van der Waals surface area contributed by atoms with Crippen molar-refractivity contribution in [2.45, 2.75) is 26.4 Å². The van der Waals surface area contributed by atoms with Crippen molar-refractivity contribution in [1.29, 1.82) is 0 Å². The molecule has 0 spiro atoms. The molecule has 1 aromatic carbocycles. The lowest BCUT2D eigenvalue weighted by atomic mass is 10.1. The number of esters is 1. The van der Waals surface area contributed by atoms with E-state index in [0.717, 1.165) is 5.56 Å². The van der Waals surface area contributed by atoms with Crippen LogP contribution in [0, 0.1) is 0 Å². The van der Waals surface area contributed by atoms with Crippen LogP contribution in [0.15, 0.2) is 29.8 Å². The molecule has 0 amide bonds. The zero-order valence-corrected chi connectivity index (χ0v) is 10.4. The van der Waals surface area contributed by atoms with Gasteiger partial charge in [-0.2, -0.15) is 0 Å². The highest BCUT2D eigenvalue weighted by Gasteiger charge is 2.17. The van der Waals surface area contributed by atoms with Crippen LogP contribution in [0.25, 0.3) is 6.08 Å². The minimum atomic E-state index is -0.466. The van der Waals surface area contributed by atoms with Gasteiger partial charge in [0, 0.05) is 5.54 Å². The molecule has 1 rings (SSSR count). The van der Waals surface area contributed by atoms with E-state index in [1.54, 1.807) is 18.2 Å². The number of carbonyl (C=O) groups excluding carboxylic acids is 1. The molecule has 0 aromatic heterocycles. The monoisotopic (exact) mass is 238 g/mol. The summed E-state index contributed by atoms with van der Waals surface area (Å²) in [5.41, 5.74) is 2.46. The third-order valence-corrected chi connectivity index (χ3v) is 1.93. The molecule has 0 N–H and O–H groups in total. The molecule has 0 aliphatic carbocycles. The second-order valence-corrected chi connectivity index (χ2v) is 4.67. The zero-order valence-electron chi connectivity index (χ0n) is 9.66. The fraction of sp³-hybridized carbons (Fsp3) is 0.308. The topological polar surface area (TPSA) is 26.3 Å². The summed E-state index contributed by atoms with van der Waals surface area (Å²) in [5, 5.41) is 0. The number of carbonyl (C=O) groups is 1. The van der Waals surface area contributed by atoms with Crippen LogP contribution in [-0.4, -0.2) is 11.6 Å². The Morgan fingerprint density at radius 2 is 1.81 bits per heavy atom. The molecule has 0 aliphatic heterocycles. The van der Waals surface area contributed by atoms with E-state index in [2.05, 4.69) is 0 Å². The Morgan fingerprint density at radius 1 is 1.25 bits per heavy atom. The standard InChI is InChI=1S/C13H15ClO2/c1-13(2,3)16-12(15)11-6-4-10(5-7-11)8-9-14/h4-9H,1-3H3. The molecule has 16 heavy (non-hydrogen) atoms. The number of ether oxygens (including phenoxy) is 1. The van der Waals surface area contributed by atoms with Gasteiger partial charge in [0.05, 0.1) is 5.56 Å². The molecule has 0 saturated heterocycles. The van der Waals surface area contributed by atoms with Gasteiger partial charge in [-0.05, 0) is 44.5 Å². The maximum absolute atomic E-state index is 11.7. The van der Waals surface area contributed by atoms with E-state index in [9.17, 15) is 4.79 Å². The molecule has 0 atom stereocenters. The van der Waals surface area contributed by atoms with Gasteiger partial charge in [-0.1, -0.05) is 23.7 Å². The Morgan fingerprint density at radius 3 is 2.25 bits per heavy atom. The molecule has 0 fully saturated rings. The number of rotatable bonds is 2. The van der Waals surface area contributed by atoms with Crippen LogP contribution in [0.2, 0.25) is 0 Å². The van der Waals surface area contributed by atoms with E-state index in [4.69, 9.17) is 16.3 Å². The molecule has 1 aromatic rings. The van der Waals surface area contributed by atoms with Gasteiger partial charge in [-0.15, -0.1) is 0 Å². The molecule has 0 radical (unpaired) electrons. The van der Waals surface area contributed by atoms with Crippen LogP contribution < -0.4 is 0 Å². The zero-order chi connectivity index (χ0) is 12.2. The molecule has 86 valence electrons. The summed E-state index contributed by atoms with van der Waals surface area (Å²) >= 11 is 5.45. The minimum absolute atomic E-state index is 0.311. The van der Waals surface area contributed by atoms with E-state index >= 15 is 0 Å². The maximum Gasteiger partial charge on any atom is 0.338 e. The van der Waals surface area contributed by atoms with Gasteiger partial charge in [0.2, 0.25) is 0 Å². The third kappa shape index (κ3) is 4.07. The van der Waals surface area contributed by atoms with Crippen LogP contribution in [0.3, 0.4) is 0 Å². The van der Waals surface area contributed by atoms with Crippen LogP contribution in [0.1, 0.15) is 36.7 Å². The SMILES string of the molecule is CC(C)(C)OC(=O)c1ccc(C=CCl)cc1. The molecular weight excluding hydrogens is 224 g/mol. The Hall–Kier alpha value is -1.28. The predicted molar refractivity (Wildman–Crippen MR) is 66.5 cm³/mol. The lowest BCUT2D eigenvalue weighted by Gasteiger charge is -2.19. The summed E-state index contributed by atoms with van der Waals surface area (Å²) < 4.78 is 5.24. The van der Waals surface area contributed by atoms with Gasteiger partial charge in [-0.3, -0.25) is 0 Å². The Kier molecular flexibility index (Phi) is 4.13. The molecule has 2 nitrogen and oxygen atoms in total. The third-order valence-electron chi connectivity index (χ3n) is 1.80. The minimum Gasteiger partial charge on any atom is -0.456 e. The van der Waals surface area contributed by atoms with Crippen molar-refractivity contribution in [3.05, 3.63) is 40.9 Å². The van der Waals surface area contributed by atoms with Gasteiger partial charge in [0.1, 0.15) is 5.60 Å². The Bertz CT molecular complexity index is 385. The van der Waals surface area contributed by atoms with E-state index in [0.29, 0.717) is 5.56 Å². The molecule has 0 aliphatic rings. The quantitative estimate of drug-likeness (QED) is 0.732. The normalized spacial score (nSPS) is 11.8. The number of hydrogen-bond donors (Lipinski definition) is 0. The van der Waals surface area contributed by atoms with Crippen molar-refractivity contribution in [2.24, 2.45) is 0 Å². The number of hydrogen-bond acceptors (Lipinski definition) is 2. The van der Waals surface area contributed by atoms with Crippen LogP contribution >= 0.6 is 11.6 Å². The van der Waals surface area contributed by atoms with Crippen molar-refractivity contribution < 1.29 is 9.53 Å². The molecule has 0 saturated carbocycles. The van der Waals surface area contributed by atoms with Gasteiger partial charge < -0.3 is 4.74 Å². The van der Waals surface area contributed by atoms with Crippen LogP contribution in [0.5, 0.6) is 0 Å². The average molecular weight is 239 g/mol. The second-order valence-electron chi connectivity index (χ2n) is 4.42. The van der Waals surface area contributed by atoms with E-state index < -0.39 is 5.60 Å². The highest BCUT2D eigenvalue weighted by atomic mass is 35.5. The highest BCUT2D eigenvalue weighted by Crippen LogP contribution is 2.13. The Balaban J connectivity index is 2.78. The fourth-order valence-electron chi connectivity index (χ4n) is 1.14. The summed E-state index contributed by atoms with van der Waals surface area (Å²) in [6.07, 6.45) is 1.75. The van der Waals surface area contributed by atoms with Gasteiger partial charge in [-0.25, -0.2) is 4.79 Å². The summed E-state index contributed by atoms with van der Waals surface area (Å²) in [6, 6.07) is 7.08. The second kappa shape index (κ2) is 5.17. The van der Waals surface area contributed by atoms with E-state index in [1.807, 2.05) is 32.9 Å².